The number of rotatable bonds is 10. The molecule has 0 radical (unpaired) electrons. The van der Waals surface area contributed by atoms with Crippen molar-refractivity contribution < 1.29 is 9.53 Å². The molecule has 0 bridgehead atoms. The molecule has 2 rings (SSSR count). The highest BCUT2D eigenvalue weighted by atomic mass is 32.2. The minimum atomic E-state index is -0.632. The van der Waals surface area contributed by atoms with Gasteiger partial charge in [0.25, 0.3) is 0 Å². The van der Waals surface area contributed by atoms with Gasteiger partial charge in [0, 0.05) is 28.4 Å². The summed E-state index contributed by atoms with van der Waals surface area (Å²) in [6, 6.07) is 15.7. The lowest BCUT2D eigenvalue weighted by Crippen LogP contribution is -2.50. The van der Waals surface area contributed by atoms with Crippen LogP contribution >= 0.6 is 11.8 Å². The number of methoxy groups -OCH3 is 1. The molecular weight excluding hydrogens is 354 g/mol. The van der Waals surface area contributed by atoms with Crippen LogP contribution in [0.25, 0.3) is 0 Å². The first-order valence-electron chi connectivity index (χ1n) is 8.86. The molecule has 0 aliphatic heterocycles. The molecule has 2 aromatic carbocycles. The van der Waals surface area contributed by atoms with Gasteiger partial charge in [0.1, 0.15) is 5.75 Å². The first kappa shape index (κ1) is 21.0. The number of carbonyl (C=O) groups is 1. The number of ketones is 1. The van der Waals surface area contributed by atoms with Crippen LogP contribution in [0, 0.1) is 0 Å². The number of carbonyl (C=O) groups excluding carboxylic acids is 1. The van der Waals surface area contributed by atoms with Crippen molar-refractivity contribution in [3.63, 3.8) is 0 Å². The van der Waals surface area contributed by atoms with Crippen LogP contribution in [0.5, 0.6) is 5.75 Å². The number of hydrogen-bond donors (Lipinski definition) is 0. The van der Waals surface area contributed by atoms with Gasteiger partial charge in [-0.2, -0.15) is 0 Å². The Morgan fingerprint density at radius 1 is 1.00 bits per heavy atom. The molecule has 0 N–H and O–H groups in total. The molecule has 0 spiro atoms. The Hall–Kier alpha value is -2.30. The van der Waals surface area contributed by atoms with Crippen LogP contribution in [0.4, 0.5) is 0 Å². The third-order valence-electron chi connectivity index (χ3n) is 4.46. The summed E-state index contributed by atoms with van der Waals surface area (Å²) in [5.41, 5.74) is 0.0738. The summed E-state index contributed by atoms with van der Waals surface area (Å²) in [7, 11) is 1.66. The number of ether oxygens (including phenoxy) is 1. The molecule has 27 heavy (non-hydrogen) atoms. The van der Waals surface area contributed by atoms with Crippen molar-refractivity contribution >= 4 is 17.5 Å². The highest BCUT2D eigenvalue weighted by Gasteiger charge is 2.33. The maximum absolute atomic E-state index is 13.1. The lowest BCUT2D eigenvalue weighted by molar-refractivity contribution is 0.0700. The van der Waals surface area contributed by atoms with E-state index in [4.69, 9.17) is 4.74 Å². The van der Waals surface area contributed by atoms with E-state index in [1.807, 2.05) is 74.5 Å². The lowest BCUT2D eigenvalue weighted by Gasteiger charge is -2.36. The second kappa shape index (κ2) is 9.58. The first-order chi connectivity index (χ1) is 12.9. The van der Waals surface area contributed by atoms with Gasteiger partial charge in [-0.15, -0.1) is 13.2 Å². The predicted molar refractivity (Wildman–Crippen MR) is 114 cm³/mol. The molecule has 0 atom stereocenters. The molecule has 0 heterocycles. The molecule has 0 saturated heterocycles. The fraction of sp³-hybridized carbons (Fsp3) is 0.261. The van der Waals surface area contributed by atoms with Gasteiger partial charge in [0.05, 0.1) is 12.6 Å². The zero-order chi connectivity index (χ0) is 19.9. The molecular formula is C23H27NO2S. The molecule has 0 saturated carbocycles. The third kappa shape index (κ3) is 5.34. The van der Waals surface area contributed by atoms with Crippen LogP contribution in [-0.4, -0.2) is 36.4 Å². The zero-order valence-electron chi connectivity index (χ0n) is 16.3. The van der Waals surface area contributed by atoms with Gasteiger partial charge in [-0.25, -0.2) is 0 Å². The summed E-state index contributed by atoms with van der Waals surface area (Å²) in [4.78, 5) is 17.3. The zero-order valence-corrected chi connectivity index (χ0v) is 17.1. The average molecular weight is 382 g/mol. The molecule has 142 valence electrons. The molecule has 0 fully saturated rings. The predicted octanol–water partition coefficient (Wildman–Crippen LogP) is 5.48. The van der Waals surface area contributed by atoms with Crippen molar-refractivity contribution in [2.45, 2.75) is 29.2 Å². The van der Waals surface area contributed by atoms with Gasteiger partial charge in [-0.1, -0.05) is 36.0 Å². The summed E-state index contributed by atoms with van der Waals surface area (Å²) < 4.78 is 5.18. The van der Waals surface area contributed by atoms with Crippen molar-refractivity contribution in [3.05, 3.63) is 79.4 Å². The monoisotopic (exact) mass is 381 g/mol. The molecule has 2 aromatic rings. The van der Waals surface area contributed by atoms with Crippen LogP contribution in [0.3, 0.4) is 0 Å². The maximum Gasteiger partial charge on any atom is 0.182 e. The minimum Gasteiger partial charge on any atom is -0.497 e. The van der Waals surface area contributed by atoms with E-state index in [9.17, 15) is 4.79 Å². The molecule has 0 aromatic heterocycles. The van der Waals surface area contributed by atoms with Gasteiger partial charge >= 0.3 is 0 Å². The molecule has 0 amide bonds. The van der Waals surface area contributed by atoms with Crippen LogP contribution in [-0.2, 0) is 0 Å². The number of benzene rings is 2. The summed E-state index contributed by atoms with van der Waals surface area (Å²) in [5, 5.41) is 0. The lowest BCUT2D eigenvalue weighted by atomic mass is 9.91. The van der Waals surface area contributed by atoms with Crippen molar-refractivity contribution in [2.24, 2.45) is 0 Å². The van der Waals surface area contributed by atoms with Crippen molar-refractivity contribution in [1.82, 2.24) is 4.90 Å². The Morgan fingerprint density at radius 3 is 1.93 bits per heavy atom. The normalized spacial score (nSPS) is 11.3. The number of nitrogens with zero attached hydrogens (tertiary/aromatic N) is 1. The van der Waals surface area contributed by atoms with Crippen LogP contribution < -0.4 is 4.74 Å². The van der Waals surface area contributed by atoms with E-state index < -0.39 is 5.54 Å². The van der Waals surface area contributed by atoms with E-state index >= 15 is 0 Å². The van der Waals surface area contributed by atoms with E-state index in [1.165, 1.54) is 0 Å². The van der Waals surface area contributed by atoms with Crippen molar-refractivity contribution in [3.8, 4) is 5.75 Å². The maximum atomic E-state index is 13.1. The van der Waals surface area contributed by atoms with Crippen LogP contribution in [0.2, 0.25) is 0 Å². The fourth-order valence-electron chi connectivity index (χ4n) is 2.79. The van der Waals surface area contributed by atoms with Gasteiger partial charge in [-0.3, -0.25) is 9.69 Å². The highest BCUT2D eigenvalue weighted by Crippen LogP contribution is 2.30. The Balaban J connectivity index is 2.13. The van der Waals surface area contributed by atoms with Gasteiger partial charge in [-0.05, 0) is 50.2 Å². The highest BCUT2D eigenvalue weighted by molar-refractivity contribution is 7.99. The standard InChI is InChI=1S/C23H27NO2S/c1-6-16-24(17-7-2)23(3,4)22(25)18-8-12-20(13-9-18)27-21-14-10-19(26-5)11-15-21/h6-15H,1-2,16-17H2,3-5H3. The SMILES string of the molecule is C=CCN(CC=C)C(C)(C)C(=O)c1ccc(Sc2ccc(OC)cc2)cc1. The van der Waals surface area contributed by atoms with Crippen molar-refractivity contribution in [2.75, 3.05) is 20.2 Å². The number of hydrogen-bond acceptors (Lipinski definition) is 4. The summed E-state index contributed by atoms with van der Waals surface area (Å²) in [6.07, 6.45) is 3.63. The fourth-order valence-corrected chi connectivity index (χ4v) is 3.61. The topological polar surface area (TPSA) is 29.5 Å². The van der Waals surface area contributed by atoms with Gasteiger partial charge in [0.15, 0.2) is 5.78 Å². The Labute approximate surface area is 166 Å². The van der Waals surface area contributed by atoms with E-state index in [0.717, 1.165) is 15.5 Å². The largest absolute Gasteiger partial charge is 0.497 e. The summed E-state index contributed by atoms with van der Waals surface area (Å²) >= 11 is 1.65. The van der Waals surface area contributed by atoms with Crippen LogP contribution in [0.1, 0.15) is 24.2 Å². The third-order valence-corrected chi connectivity index (χ3v) is 5.47. The smallest absolute Gasteiger partial charge is 0.182 e. The van der Waals surface area contributed by atoms with Gasteiger partial charge < -0.3 is 4.74 Å². The van der Waals surface area contributed by atoms with Crippen LogP contribution in [0.15, 0.2) is 83.6 Å². The number of Topliss-reactive ketones (excluding diaryl/α,β-unsaturated/α-hetero) is 1. The van der Waals surface area contributed by atoms with Gasteiger partial charge in [0.2, 0.25) is 0 Å². The van der Waals surface area contributed by atoms with E-state index in [2.05, 4.69) is 18.1 Å². The first-order valence-corrected chi connectivity index (χ1v) is 9.67. The van der Waals surface area contributed by atoms with Crippen molar-refractivity contribution in [1.29, 1.82) is 0 Å². The second-order valence-electron chi connectivity index (χ2n) is 6.67. The summed E-state index contributed by atoms with van der Waals surface area (Å²) in [5.74, 6) is 0.929. The van der Waals surface area contributed by atoms with E-state index in [1.54, 1.807) is 18.9 Å². The summed E-state index contributed by atoms with van der Waals surface area (Å²) in [6.45, 7) is 12.7. The quantitative estimate of drug-likeness (QED) is 0.402. The molecule has 4 heteroatoms. The average Bonchev–Trinajstić information content (AvgIpc) is 2.68. The second-order valence-corrected chi connectivity index (χ2v) is 7.82. The molecule has 0 aliphatic carbocycles. The Morgan fingerprint density at radius 2 is 1.48 bits per heavy atom. The Kier molecular flexibility index (Phi) is 7.45. The molecule has 0 aliphatic rings. The van der Waals surface area contributed by atoms with E-state index in [-0.39, 0.29) is 5.78 Å². The van der Waals surface area contributed by atoms with E-state index in [0.29, 0.717) is 18.7 Å². The minimum absolute atomic E-state index is 0.0900. The molecule has 3 nitrogen and oxygen atoms in total. The Bertz CT molecular complexity index is 769. The molecule has 0 unspecified atom stereocenters.